The Bertz CT molecular complexity index is 1150. The Balaban J connectivity index is 1.36. The van der Waals surface area contributed by atoms with Crippen LogP contribution in [0.4, 0.5) is 5.69 Å². The molecule has 1 aliphatic heterocycles. The van der Waals surface area contributed by atoms with Crippen molar-refractivity contribution in [3.8, 4) is 11.3 Å². The molecule has 2 heterocycles. The molecule has 3 aromatic rings. The first-order valence-electron chi connectivity index (χ1n) is 10.9. The van der Waals surface area contributed by atoms with Crippen molar-refractivity contribution in [1.29, 1.82) is 0 Å². The maximum atomic E-state index is 13.0. The summed E-state index contributed by atoms with van der Waals surface area (Å²) in [6.07, 6.45) is 6.05. The van der Waals surface area contributed by atoms with Crippen molar-refractivity contribution in [2.75, 3.05) is 18.4 Å². The molecule has 1 N–H and O–H groups in total. The fraction of sp³-hybridized carbons (Fsp3) is 0.333. The van der Waals surface area contributed by atoms with E-state index in [1.54, 1.807) is 28.7 Å². The molecule has 1 aliphatic rings. The van der Waals surface area contributed by atoms with Crippen LogP contribution in [0.2, 0.25) is 0 Å². The van der Waals surface area contributed by atoms with E-state index in [0.717, 1.165) is 31.2 Å². The number of hydrogen-bond acceptors (Lipinski definition) is 5. The summed E-state index contributed by atoms with van der Waals surface area (Å²) in [6, 6.07) is 16.1. The fourth-order valence-corrected chi connectivity index (χ4v) is 5.33. The lowest BCUT2D eigenvalue weighted by Crippen LogP contribution is -2.32. The number of aromatic nitrogens is 1. The van der Waals surface area contributed by atoms with Gasteiger partial charge in [0, 0.05) is 37.2 Å². The first-order valence-corrected chi connectivity index (χ1v) is 12.4. The molecule has 1 saturated heterocycles. The SMILES string of the molecule is O=C(CCc1ncc(-c2ccccc2)o1)Nc1cccc(S(=O)(=O)N2CCCCCC2)c1. The molecule has 0 spiro atoms. The number of anilines is 1. The van der Waals surface area contributed by atoms with Gasteiger partial charge in [-0.3, -0.25) is 4.79 Å². The summed E-state index contributed by atoms with van der Waals surface area (Å²) in [5.74, 6) is 0.915. The Kier molecular flexibility index (Phi) is 7.02. The number of benzene rings is 2. The molecule has 4 rings (SSSR count). The predicted molar refractivity (Wildman–Crippen MR) is 123 cm³/mol. The molecule has 1 amide bonds. The van der Waals surface area contributed by atoms with Crippen LogP contribution in [-0.2, 0) is 21.2 Å². The van der Waals surface area contributed by atoms with Crippen LogP contribution in [0, 0.1) is 0 Å². The van der Waals surface area contributed by atoms with E-state index < -0.39 is 10.0 Å². The number of amides is 1. The number of nitrogens with one attached hydrogen (secondary N) is 1. The van der Waals surface area contributed by atoms with Gasteiger partial charge in [0.05, 0.1) is 11.1 Å². The quantitative estimate of drug-likeness (QED) is 0.569. The number of rotatable bonds is 7. The van der Waals surface area contributed by atoms with E-state index in [2.05, 4.69) is 10.3 Å². The van der Waals surface area contributed by atoms with Crippen molar-refractivity contribution in [2.24, 2.45) is 0 Å². The third-order valence-electron chi connectivity index (χ3n) is 5.50. The number of sulfonamides is 1. The van der Waals surface area contributed by atoms with Gasteiger partial charge in [-0.1, -0.05) is 49.2 Å². The maximum absolute atomic E-state index is 13.0. The monoisotopic (exact) mass is 453 g/mol. The third kappa shape index (κ3) is 5.44. The summed E-state index contributed by atoms with van der Waals surface area (Å²) in [5.41, 5.74) is 1.39. The van der Waals surface area contributed by atoms with Crippen molar-refractivity contribution in [1.82, 2.24) is 9.29 Å². The molecule has 7 nitrogen and oxygen atoms in total. The minimum absolute atomic E-state index is 0.178. The number of carbonyl (C=O) groups is 1. The Morgan fingerprint density at radius 1 is 1.00 bits per heavy atom. The Hall–Kier alpha value is -2.97. The molecule has 32 heavy (non-hydrogen) atoms. The first kappa shape index (κ1) is 22.2. The maximum Gasteiger partial charge on any atom is 0.243 e. The lowest BCUT2D eigenvalue weighted by molar-refractivity contribution is -0.116. The van der Waals surface area contributed by atoms with Gasteiger partial charge < -0.3 is 9.73 Å². The van der Waals surface area contributed by atoms with E-state index >= 15 is 0 Å². The largest absolute Gasteiger partial charge is 0.441 e. The summed E-state index contributed by atoms with van der Waals surface area (Å²) >= 11 is 0. The average molecular weight is 454 g/mol. The second-order valence-electron chi connectivity index (χ2n) is 7.88. The molecule has 0 aliphatic carbocycles. The highest BCUT2D eigenvalue weighted by atomic mass is 32.2. The highest BCUT2D eigenvalue weighted by Crippen LogP contribution is 2.23. The number of hydrogen-bond donors (Lipinski definition) is 1. The van der Waals surface area contributed by atoms with Gasteiger partial charge in [-0.05, 0) is 31.0 Å². The van der Waals surface area contributed by atoms with Gasteiger partial charge in [0.15, 0.2) is 11.7 Å². The minimum atomic E-state index is -3.57. The second kappa shape index (κ2) is 10.1. The zero-order valence-electron chi connectivity index (χ0n) is 17.9. The van der Waals surface area contributed by atoms with Crippen molar-refractivity contribution in [3.05, 3.63) is 66.7 Å². The van der Waals surface area contributed by atoms with Crippen molar-refractivity contribution < 1.29 is 17.6 Å². The number of aryl methyl sites for hydroxylation is 1. The summed E-state index contributed by atoms with van der Waals surface area (Å²) in [4.78, 5) is 16.9. The highest BCUT2D eigenvalue weighted by Gasteiger charge is 2.25. The van der Waals surface area contributed by atoms with Gasteiger partial charge in [0.2, 0.25) is 15.9 Å². The van der Waals surface area contributed by atoms with Crippen LogP contribution in [0.3, 0.4) is 0 Å². The molecule has 1 aromatic heterocycles. The van der Waals surface area contributed by atoms with Crippen LogP contribution < -0.4 is 5.32 Å². The average Bonchev–Trinajstić information content (AvgIpc) is 3.11. The van der Waals surface area contributed by atoms with E-state index in [1.165, 1.54) is 6.07 Å². The molecule has 0 bridgehead atoms. The molecule has 1 fully saturated rings. The third-order valence-corrected chi connectivity index (χ3v) is 7.39. The molecule has 0 unspecified atom stereocenters. The van der Waals surface area contributed by atoms with Gasteiger partial charge in [0.25, 0.3) is 0 Å². The minimum Gasteiger partial charge on any atom is -0.441 e. The molecule has 0 radical (unpaired) electrons. The number of carbonyl (C=O) groups excluding carboxylic acids is 1. The van der Waals surface area contributed by atoms with Crippen molar-refractivity contribution >= 4 is 21.6 Å². The van der Waals surface area contributed by atoms with Crippen molar-refractivity contribution in [2.45, 2.75) is 43.4 Å². The molecule has 168 valence electrons. The van der Waals surface area contributed by atoms with Crippen molar-refractivity contribution in [3.63, 3.8) is 0 Å². The molecular formula is C24H27N3O4S. The molecule has 0 atom stereocenters. The van der Waals surface area contributed by atoms with Gasteiger partial charge in [0.1, 0.15) is 0 Å². The Morgan fingerprint density at radius 2 is 1.75 bits per heavy atom. The Labute approximate surface area is 188 Å². The first-order chi connectivity index (χ1) is 15.5. The summed E-state index contributed by atoms with van der Waals surface area (Å²) in [6.45, 7) is 1.08. The van der Waals surface area contributed by atoms with Crippen LogP contribution in [0.5, 0.6) is 0 Å². The van der Waals surface area contributed by atoms with Gasteiger partial charge in [-0.25, -0.2) is 13.4 Å². The van der Waals surface area contributed by atoms with E-state index in [9.17, 15) is 13.2 Å². The van der Waals surface area contributed by atoms with Crippen LogP contribution in [-0.4, -0.2) is 36.7 Å². The second-order valence-corrected chi connectivity index (χ2v) is 9.82. The topological polar surface area (TPSA) is 92.5 Å². The number of oxazole rings is 1. The zero-order chi connectivity index (χ0) is 22.4. The predicted octanol–water partition coefficient (Wildman–Crippen LogP) is 4.48. The standard InChI is InChI=1S/C24H27N3O4S/c28-23(13-14-24-25-18-22(31-24)19-9-4-3-5-10-19)26-20-11-8-12-21(17-20)32(29,30)27-15-6-1-2-7-16-27/h3-5,8-12,17-18H,1-2,6-7,13-16H2,(H,26,28). The summed E-state index contributed by atoms with van der Waals surface area (Å²) < 4.78 is 33.3. The summed E-state index contributed by atoms with van der Waals surface area (Å²) in [7, 11) is -3.57. The fourth-order valence-electron chi connectivity index (χ4n) is 3.77. The molecular weight excluding hydrogens is 426 g/mol. The molecule has 0 saturated carbocycles. The van der Waals surface area contributed by atoms with E-state index in [-0.39, 0.29) is 17.2 Å². The molecule has 2 aromatic carbocycles. The van der Waals surface area contributed by atoms with Gasteiger partial charge in [-0.15, -0.1) is 0 Å². The normalized spacial score (nSPS) is 15.2. The highest BCUT2D eigenvalue weighted by molar-refractivity contribution is 7.89. The van der Waals surface area contributed by atoms with Crippen LogP contribution >= 0.6 is 0 Å². The van der Waals surface area contributed by atoms with E-state index in [0.29, 0.717) is 36.8 Å². The number of nitrogens with zero attached hydrogens (tertiary/aromatic N) is 2. The van der Waals surface area contributed by atoms with E-state index in [1.807, 2.05) is 30.3 Å². The van der Waals surface area contributed by atoms with Crippen LogP contribution in [0.1, 0.15) is 38.0 Å². The lowest BCUT2D eigenvalue weighted by atomic mass is 10.2. The van der Waals surface area contributed by atoms with Crippen LogP contribution in [0.15, 0.2) is 70.1 Å². The van der Waals surface area contributed by atoms with Gasteiger partial charge >= 0.3 is 0 Å². The van der Waals surface area contributed by atoms with Crippen LogP contribution in [0.25, 0.3) is 11.3 Å². The zero-order valence-corrected chi connectivity index (χ0v) is 18.7. The van der Waals surface area contributed by atoms with E-state index in [4.69, 9.17) is 4.42 Å². The Morgan fingerprint density at radius 3 is 2.50 bits per heavy atom. The lowest BCUT2D eigenvalue weighted by Gasteiger charge is -2.20. The van der Waals surface area contributed by atoms with Gasteiger partial charge in [-0.2, -0.15) is 4.31 Å². The summed E-state index contributed by atoms with van der Waals surface area (Å²) in [5, 5.41) is 2.79. The smallest absolute Gasteiger partial charge is 0.243 e. The molecule has 8 heteroatoms.